The van der Waals surface area contributed by atoms with Gasteiger partial charge in [0.05, 0.1) is 6.54 Å². The van der Waals surface area contributed by atoms with Crippen molar-refractivity contribution in [3.63, 3.8) is 0 Å². The molecular weight excluding hydrogens is 182 g/mol. The van der Waals surface area contributed by atoms with Gasteiger partial charge in [0.2, 0.25) is 0 Å². The van der Waals surface area contributed by atoms with E-state index in [1.807, 2.05) is 31.1 Å². The monoisotopic (exact) mass is 197 g/mol. The van der Waals surface area contributed by atoms with Crippen LogP contribution in [0.3, 0.4) is 0 Å². The van der Waals surface area contributed by atoms with Crippen LogP contribution < -0.4 is 0 Å². The molecule has 1 aromatic carbocycles. The lowest BCUT2D eigenvalue weighted by atomic mass is 10.2. The van der Waals surface area contributed by atoms with Crippen LogP contribution in [0.25, 0.3) is 0 Å². The Kier molecular flexibility index (Phi) is 4.48. The van der Waals surface area contributed by atoms with Crippen molar-refractivity contribution in [1.82, 2.24) is 4.90 Å². The topological polar surface area (TPSA) is 3.24 Å². The van der Waals surface area contributed by atoms with E-state index in [0.29, 0.717) is 0 Å². The molecule has 0 unspecified atom stereocenters. The molecule has 1 heteroatoms. The van der Waals surface area contributed by atoms with Crippen LogP contribution in [-0.4, -0.2) is 25.5 Å². The molecule has 76 valence electrons. The Bertz CT molecular complexity index is 418. The molecule has 1 nitrogen and oxygen atoms in total. The van der Waals surface area contributed by atoms with Crippen LogP contribution in [0, 0.1) is 30.6 Å². The van der Waals surface area contributed by atoms with E-state index in [1.165, 1.54) is 5.56 Å². The molecule has 0 saturated carbocycles. The van der Waals surface area contributed by atoms with Crippen molar-refractivity contribution >= 4 is 0 Å². The molecule has 0 spiro atoms. The van der Waals surface area contributed by atoms with Crippen molar-refractivity contribution in [3.05, 3.63) is 35.4 Å². The third-order valence-corrected chi connectivity index (χ3v) is 1.80. The van der Waals surface area contributed by atoms with Gasteiger partial charge in [-0.1, -0.05) is 29.5 Å². The second-order valence-corrected chi connectivity index (χ2v) is 3.66. The zero-order chi connectivity index (χ0) is 11.1. The number of hydrogen-bond acceptors (Lipinski definition) is 1. The van der Waals surface area contributed by atoms with Crippen LogP contribution in [-0.2, 0) is 0 Å². The summed E-state index contributed by atoms with van der Waals surface area (Å²) >= 11 is 0. The molecule has 1 aromatic rings. The molecule has 0 heterocycles. The first-order valence-corrected chi connectivity index (χ1v) is 4.89. The maximum atomic E-state index is 3.00. The van der Waals surface area contributed by atoms with Crippen LogP contribution in [0.1, 0.15) is 11.1 Å². The highest BCUT2D eigenvalue weighted by Crippen LogP contribution is 2.00. The van der Waals surface area contributed by atoms with E-state index < -0.39 is 0 Å². The van der Waals surface area contributed by atoms with Gasteiger partial charge in [0, 0.05) is 5.56 Å². The minimum absolute atomic E-state index is 0.753. The molecule has 0 aliphatic heterocycles. The molecule has 0 aromatic heterocycles. The Morgan fingerprint density at radius 1 is 1.07 bits per heavy atom. The summed E-state index contributed by atoms with van der Waals surface area (Å²) in [5, 5.41) is 0. The number of benzene rings is 1. The standard InChI is InChI=1S/C14H15N/c1-13-8-10-14(11-9-13)7-5-4-6-12-15(2)3/h8-11H,12H2,1-3H3. The molecule has 0 bridgehead atoms. The minimum atomic E-state index is 0.753. The predicted octanol–water partition coefficient (Wildman–Crippen LogP) is 1.91. The maximum absolute atomic E-state index is 3.00. The number of hydrogen-bond donors (Lipinski definition) is 0. The number of nitrogens with zero attached hydrogens (tertiary/aromatic N) is 1. The van der Waals surface area contributed by atoms with Gasteiger partial charge in [-0.15, -0.1) is 0 Å². The molecule has 0 aliphatic carbocycles. The normalized spacial score (nSPS) is 8.80. The quantitative estimate of drug-likeness (QED) is 0.622. The summed E-state index contributed by atoms with van der Waals surface area (Å²) in [7, 11) is 3.98. The Balaban J connectivity index is 2.57. The first-order chi connectivity index (χ1) is 7.18. The van der Waals surface area contributed by atoms with Crippen LogP contribution in [0.4, 0.5) is 0 Å². The van der Waals surface area contributed by atoms with Gasteiger partial charge in [0.15, 0.2) is 0 Å². The first kappa shape index (κ1) is 11.4. The van der Waals surface area contributed by atoms with Crippen molar-refractivity contribution in [2.24, 2.45) is 0 Å². The summed E-state index contributed by atoms with van der Waals surface area (Å²) in [4.78, 5) is 2.01. The fraction of sp³-hybridized carbons (Fsp3) is 0.286. The molecule has 0 aliphatic rings. The Hall–Kier alpha value is -1.70. The average molecular weight is 197 g/mol. The van der Waals surface area contributed by atoms with Crippen molar-refractivity contribution in [2.45, 2.75) is 6.92 Å². The zero-order valence-electron chi connectivity index (χ0n) is 9.46. The van der Waals surface area contributed by atoms with Gasteiger partial charge in [-0.25, -0.2) is 0 Å². The Labute approximate surface area is 92.1 Å². The third-order valence-electron chi connectivity index (χ3n) is 1.80. The van der Waals surface area contributed by atoms with Gasteiger partial charge in [-0.05, 0) is 45.0 Å². The van der Waals surface area contributed by atoms with E-state index in [4.69, 9.17) is 0 Å². The van der Waals surface area contributed by atoms with Gasteiger partial charge in [0.1, 0.15) is 0 Å². The predicted molar refractivity (Wildman–Crippen MR) is 64.4 cm³/mol. The van der Waals surface area contributed by atoms with E-state index in [2.05, 4.69) is 42.7 Å². The summed E-state index contributed by atoms with van der Waals surface area (Å²) in [5.41, 5.74) is 2.26. The molecule has 0 amide bonds. The van der Waals surface area contributed by atoms with Crippen LogP contribution in [0.5, 0.6) is 0 Å². The minimum Gasteiger partial charge on any atom is -0.298 e. The fourth-order valence-electron chi connectivity index (χ4n) is 0.982. The molecule has 0 radical (unpaired) electrons. The third kappa shape index (κ3) is 4.91. The van der Waals surface area contributed by atoms with Crippen LogP contribution in [0.2, 0.25) is 0 Å². The molecule has 0 fully saturated rings. The lowest BCUT2D eigenvalue weighted by molar-refractivity contribution is 0.464. The molecule has 1 rings (SSSR count). The second-order valence-electron chi connectivity index (χ2n) is 3.66. The van der Waals surface area contributed by atoms with E-state index in [9.17, 15) is 0 Å². The van der Waals surface area contributed by atoms with E-state index in [0.717, 1.165) is 12.1 Å². The molecule has 0 saturated heterocycles. The lowest BCUT2D eigenvalue weighted by Crippen LogP contribution is -2.10. The van der Waals surface area contributed by atoms with Gasteiger partial charge in [-0.2, -0.15) is 0 Å². The summed E-state index contributed by atoms with van der Waals surface area (Å²) in [6, 6.07) is 8.13. The number of rotatable bonds is 1. The largest absolute Gasteiger partial charge is 0.298 e. The highest BCUT2D eigenvalue weighted by molar-refractivity contribution is 5.40. The summed E-state index contributed by atoms with van der Waals surface area (Å²) in [5.74, 6) is 11.6. The molecule has 15 heavy (non-hydrogen) atoms. The van der Waals surface area contributed by atoms with E-state index >= 15 is 0 Å². The summed E-state index contributed by atoms with van der Waals surface area (Å²) in [6.07, 6.45) is 0. The summed E-state index contributed by atoms with van der Waals surface area (Å²) < 4.78 is 0. The summed E-state index contributed by atoms with van der Waals surface area (Å²) in [6.45, 7) is 2.82. The van der Waals surface area contributed by atoms with Gasteiger partial charge in [-0.3, -0.25) is 4.90 Å². The van der Waals surface area contributed by atoms with E-state index in [1.54, 1.807) is 0 Å². The fourth-order valence-corrected chi connectivity index (χ4v) is 0.982. The van der Waals surface area contributed by atoms with Gasteiger partial charge >= 0.3 is 0 Å². The maximum Gasteiger partial charge on any atom is 0.0606 e. The van der Waals surface area contributed by atoms with Crippen LogP contribution >= 0.6 is 0 Å². The van der Waals surface area contributed by atoms with Crippen LogP contribution in [0.15, 0.2) is 24.3 Å². The average Bonchev–Trinajstić information content (AvgIpc) is 2.20. The van der Waals surface area contributed by atoms with Crippen molar-refractivity contribution in [3.8, 4) is 23.7 Å². The van der Waals surface area contributed by atoms with Crippen molar-refractivity contribution in [1.29, 1.82) is 0 Å². The van der Waals surface area contributed by atoms with Crippen molar-refractivity contribution in [2.75, 3.05) is 20.6 Å². The SMILES string of the molecule is Cc1ccc(C#CC#CCN(C)C)cc1. The molecular formula is C14H15N. The zero-order valence-corrected chi connectivity index (χ0v) is 9.46. The van der Waals surface area contributed by atoms with Crippen molar-refractivity contribution < 1.29 is 0 Å². The smallest absolute Gasteiger partial charge is 0.0606 e. The van der Waals surface area contributed by atoms with Gasteiger partial charge in [0.25, 0.3) is 0 Å². The highest BCUT2D eigenvalue weighted by atomic mass is 15.0. The Morgan fingerprint density at radius 2 is 1.73 bits per heavy atom. The first-order valence-electron chi connectivity index (χ1n) is 4.89. The number of aryl methyl sites for hydroxylation is 1. The second kappa shape index (κ2) is 5.91. The Morgan fingerprint density at radius 3 is 2.33 bits per heavy atom. The molecule has 0 N–H and O–H groups in total. The highest BCUT2D eigenvalue weighted by Gasteiger charge is 1.84. The van der Waals surface area contributed by atoms with E-state index in [-0.39, 0.29) is 0 Å². The molecule has 0 atom stereocenters. The van der Waals surface area contributed by atoms with Gasteiger partial charge < -0.3 is 0 Å². The lowest BCUT2D eigenvalue weighted by Gasteiger charge is -1.99.